The highest BCUT2D eigenvalue weighted by Gasteiger charge is 2.23. The molecule has 0 unspecified atom stereocenters. The van der Waals surface area contributed by atoms with Crippen molar-refractivity contribution in [1.29, 1.82) is 0 Å². The number of aromatic nitrogens is 10. The molecule has 0 fully saturated rings. The lowest BCUT2D eigenvalue weighted by Gasteiger charge is -2.20. The molecule has 0 radical (unpaired) electrons. The van der Waals surface area contributed by atoms with Crippen molar-refractivity contribution in [1.82, 2.24) is 83.3 Å². The van der Waals surface area contributed by atoms with Gasteiger partial charge in [0.1, 0.15) is 0 Å². The van der Waals surface area contributed by atoms with Crippen molar-refractivity contribution in [2.45, 2.75) is 60.0 Å². The van der Waals surface area contributed by atoms with Crippen LogP contribution in [0.25, 0.3) is 137 Å². The Hall–Kier alpha value is -16.9. The quantitative estimate of drug-likeness (QED) is 0.0498. The van der Waals surface area contributed by atoms with Gasteiger partial charge in [-0.2, -0.15) is 0 Å². The van der Waals surface area contributed by atoms with Gasteiger partial charge in [0.15, 0.2) is 28.2 Å². The second kappa shape index (κ2) is 40.5. The van der Waals surface area contributed by atoms with E-state index in [0.717, 1.165) is 65.8 Å². The molecule has 10 heterocycles. The van der Waals surface area contributed by atoms with Crippen molar-refractivity contribution in [2.24, 2.45) is 11.8 Å². The summed E-state index contributed by atoms with van der Waals surface area (Å²) in [7, 11) is 7.86. The second-order valence-corrected chi connectivity index (χ2v) is 35.5. The van der Waals surface area contributed by atoms with Gasteiger partial charge >= 0.3 is 0 Å². The number of pyridine rings is 5. The molecule has 0 saturated carbocycles. The highest BCUT2D eigenvalue weighted by atomic mass is 16.2. The molecule has 0 aliphatic rings. The third-order valence-electron chi connectivity index (χ3n) is 24.5. The highest BCUT2D eigenvalue weighted by molar-refractivity contribution is 6.08. The summed E-state index contributed by atoms with van der Waals surface area (Å²) in [5.41, 5.74) is 7.05. The van der Waals surface area contributed by atoms with Gasteiger partial charge < -0.3 is 36.4 Å². The fourth-order valence-corrected chi connectivity index (χ4v) is 16.3. The Kier molecular flexibility index (Phi) is 27.3. The molecule has 11 aromatic carbocycles. The molecule has 10 aromatic heterocycles. The van der Waals surface area contributed by atoms with Crippen LogP contribution in [0, 0.1) is 11.8 Å². The number of hydrogen-bond donors (Lipinski definition) is 5. The first kappa shape index (κ1) is 92.9. The van der Waals surface area contributed by atoms with Gasteiger partial charge in [-0.05, 0) is 241 Å². The molecule has 0 bridgehead atoms. The number of nitrogens with one attached hydrogen (secondary N) is 5. The van der Waals surface area contributed by atoms with E-state index in [1.807, 2.05) is 292 Å². The summed E-state index contributed by atoms with van der Waals surface area (Å²) >= 11 is 0. The number of benzene rings is 11. The molecule has 2 atom stereocenters. The second-order valence-electron chi connectivity index (χ2n) is 35.5. The number of nitrogens with zero attached hydrogens (tertiary/aromatic N) is 12. The summed E-state index contributed by atoms with van der Waals surface area (Å²) in [6.45, 7) is 14.9. The van der Waals surface area contributed by atoms with Gasteiger partial charge in [0.2, 0.25) is 0 Å². The van der Waals surface area contributed by atoms with Crippen LogP contribution >= 0.6 is 0 Å². The molecule has 5 N–H and O–H groups in total. The zero-order valence-corrected chi connectivity index (χ0v) is 77.9. The van der Waals surface area contributed by atoms with Gasteiger partial charge in [-0.25, -0.2) is 24.9 Å². The Labute approximate surface area is 790 Å². The van der Waals surface area contributed by atoms with E-state index in [4.69, 9.17) is 0 Å². The van der Waals surface area contributed by atoms with Crippen LogP contribution in [0.15, 0.2) is 328 Å². The Morgan fingerprint density at radius 3 is 0.681 bits per heavy atom. The van der Waals surface area contributed by atoms with Gasteiger partial charge in [-0.3, -0.25) is 69.9 Å². The van der Waals surface area contributed by atoms with Gasteiger partial charge in [0.25, 0.3) is 57.3 Å². The Bertz CT molecular complexity index is 8340. The van der Waals surface area contributed by atoms with Crippen LogP contribution in [-0.2, 0) is 6.42 Å². The van der Waals surface area contributed by atoms with Crippen molar-refractivity contribution >= 4 is 166 Å². The van der Waals surface area contributed by atoms with Crippen molar-refractivity contribution in [3.05, 3.63) is 389 Å². The summed E-state index contributed by atoms with van der Waals surface area (Å²) in [6.07, 6.45) is 8.99. The maximum Gasteiger partial charge on any atom is 0.265 e. The number of carbonyl (C=O) groups excluding carboxylic acids is 5. The van der Waals surface area contributed by atoms with Gasteiger partial charge in [0.05, 0.1) is 82.3 Å². The minimum Gasteiger partial charge on any atom is -0.352 e. The Morgan fingerprint density at radius 2 is 0.464 bits per heavy atom. The van der Waals surface area contributed by atoms with E-state index in [2.05, 4.69) is 51.5 Å². The third kappa shape index (κ3) is 19.7. The predicted molar refractivity (Wildman–Crippen MR) is 550 cm³/mol. The lowest BCUT2D eigenvalue weighted by molar-refractivity contribution is 0.0936. The fraction of sp³-hybridized carbons (Fsp3) is 0.180. The van der Waals surface area contributed by atoms with Crippen LogP contribution in [0.1, 0.15) is 98.9 Å². The number of rotatable bonds is 18. The van der Waals surface area contributed by atoms with E-state index in [1.165, 1.54) is 22.0 Å². The fourth-order valence-electron chi connectivity index (χ4n) is 16.3. The first-order valence-corrected chi connectivity index (χ1v) is 45.7. The van der Waals surface area contributed by atoms with Crippen LogP contribution in [0.2, 0.25) is 0 Å². The number of hydrogen-bond acceptors (Lipinski definition) is 17. The number of carbonyl (C=O) groups is 5. The van der Waals surface area contributed by atoms with Crippen LogP contribution < -0.4 is 54.4 Å². The molecule has 0 aliphatic carbocycles. The maximum absolute atomic E-state index is 13.1. The van der Waals surface area contributed by atoms with Gasteiger partial charge in [0, 0.05) is 75.8 Å². The standard InChI is InChI=1S/C25H19N3O2.2C22H22N4O2.2C21H19N3O2/c29-24(26-13-12-17-7-2-1-3-8-17)20-11-6-14-28-23(20)27-22-16-19-10-5-4-9-18(19)15-21(22)25(28)30;2*1-14(25(2)3)13-23-21(27)17-9-6-10-26-20(17)24-19-12-16-8-5-4-7-15(16)11-18(19)22(26)28;2*1-13(2)12-22-20(25)16-8-5-9-24-19(16)23-18-11-15-7-4-3-6-14(15)10-17(18)21(24)26/h1-11,14-16H,12-13H2,(H,26,29);2*4-12,14H,13H2,1-3H3,(H,23,27);2*3-11,13H,12H2,1-2H3,(H,22,25)/t;2*14-;;/m.10../s1. The number of likely N-dealkylation sites (N-methyl/N-ethyl adjacent to an activating group) is 2. The molecule has 0 aliphatic heterocycles. The average Bonchev–Trinajstić information content (AvgIpc) is 0.771. The van der Waals surface area contributed by atoms with E-state index in [-0.39, 0.29) is 69.4 Å². The largest absolute Gasteiger partial charge is 0.352 e. The lowest BCUT2D eigenvalue weighted by atomic mass is 10.1. The normalized spacial score (nSPS) is 11.9. The Balaban J connectivity index is 0.000000119. The molecule has 690 valence electrons. The van der Waals surface area contributed by atoms with Crippen molar-refractivity contribution in [3.63, 3.8) is 0 Å². The predicted octanol–water partition coefficient (Wildman–Crippen LogP) is 16.1. The van der Waals surface area contributed by atoms with Gasteiger partial charge in [-0.1, -0.05) is 179 Å². The molecule has 0 spiro atoms. The molecule has 0 saturated heterocycles. The highest BCUT2D eigenvalue weighted by Crippen LogP contribution is 2.28. The van der Waals surface area contributed by atoms with Crippen LogP contribution in [0.3, 0.4) is 0 Å². The number of fused-ring (bicyclic) bond motifs is 15. The molecule has 138 heavy (non-hydrogen) atoms. The third-order valence-corrected chi connectivity index (χ3v) is 24.5. The minimum atomic E-state index is -0.240. The molecule has 27 heteroatoms. The summed E-state index contributed by atoms with van der Waals surface area (Å²) in [4.78, 5) is 156. The summed E-state index contributed by atoms with van der Waals surface area (Å²) in [5.74, 6) is -0.463. The molecule has 5 amide bonds. The molecule has 27 nitrogen and oxygen atoms in total. The summed E-state index contributed by atoms with van der Waals surface area (Å²) in [6, 6.07) is 85.4. The Morgan fingerprint density at radius 1 is 0.261 bits per heavy atom. The first-order valence-electron chi connectivity index (χ1n) is 45.7. The van der Waals surface area contributed by atoms with E-state index < -0.39 is 0 Å². The van der Waals surface area contributed by atoms with Crippen molar-refractivity contribution < 1.29 is 24.0 Å². The minimum absolute atomic E-state index is 0.172. The monoisotopic (exact) mass is 1830 g/mol. The van der Waals surface area contributed by atoms with E-state index in [1.54, 1.807) is 91.6 Å². The topological polar surface area (TPSA) is 324 Å². The van der Waals surface area contributed by atoms with Crippen LogP contribution in [0.4, 0.5) is 0 Å². The number of amides is 5. The van der Waals surface area contributed by atoms with E-state index in [9.17, 15) is 47.9 Å². The van der Waals surface area contributed by atoms with Gasteiger partial charge in [-0.15, -0.1) is 0 Å². The molecule has 21 rings (SSSR count). The zero-order chi connectivity index (χ0) is 96.7. The average molecular weight is 1830 g/mol. The maximum atomic E-state index is 13.1. The SMILES string of the molecule is CC(C)CNC(=O)c1cccn2c(=O)c3cc4ccccc4cc3nc12.CC(C)CNC(=O)c1cccn2c(=O)c3cc4ccccc4cc3nc12.C[C@@H](CNC(=O)c1cccn2c(=O)c3cc4ccccc4cc3nc12)N(C)C.C[C@H](CNC(=O)c1cccn2c(=O)c3cc4ccccc4cc3nc12)N(C)C.O=C(NCCc1ccccc1)c1cccn2c(=O)c3cc4ccccc4cc3nc12. The zero-order valence-electron chi connectivity index (χ0n) is 77.9. The first-order chi connectivity index (χ1) is 66.7. The van der Waals surface area contributed by atoms with Crippen LogP contribution in [-0.4, -0.2) is 159 Å². The van der Waals surface area contributed by atoms with Crippen molar-refractivity contribution in [3.8, 4) is 0 Å². The lowest BCUT2D eigenvalue weighted by Crippen LogP contribution is -2.38. The van der Waals surface area contributed by atoms with Crippen molar-refractivity contribution in [2.75, 3.05) is 60.9 Å². The molecular weight excluding hydrogens is 1730 g/mol. The molecular formula is C111H101N17O10. The van der Waals surface area contributed by atoms with Crippen LogP contribution in [0.5, 0.6) is 0 Å². The van der Waals surface area contributed by atoms with E-state index >= 15 is 0 Å². The summed E-state index contributed by atoms with van der Waals surface area (Å²) in [5, 5.41) is 27.3. The van der Waals surface area contributed by atoms with E-state index in [0.29, 0.717) is 155 Å². The molecule has 21 aromatic rings. The summed E-state index contributed by atoms with van der Waals surface area (Å²) < 4.78 is 7.23. The smallest absolute Gasteiger partial charge is 0.265 e.